The molecule has 1 saturated heterocycles. The third-order valence-electron chi connectivity index (χ3n) is 7.07. The third-order valence-corrected chi connectivity index (χ3v) is 7.07. The standard InChI is InChI=1S/C29H30N8O4/c1-3-5-13-35-25-26(33-28(35)34-12-8-10-21(31)16-34)36(18-24(38)41-4-2)29(40)37(27(25)39)17-23-20(15-30)14-19-9-6-7-11-22(19)32-23/h6-7,9,11,14,21H,4,8,10,12-13,16-18,31H2,1-2H3. The summed E-state index contributed by atoms with van der Waals surface area (Å²) in [7, 11) is 0. The van der Waals surface area contributed by atoms with Crippen LogP contribution in [0.2, 0.25) is 0 Å². The zero-order valence-corrected chi connectivity index (χ0v) is 23.0. The molecule has 41 heavy (non-hydrogen) atoms. The number of nitrogens with zero attached hydrogens (tertiary/aromatic N) is 7. The van der Waals surface area contributed by atoms with Gasteiger partial charge in [-0.1, -0.05) is 24.1 Å². The van der Waals surface area contributed by atoms with Crippen molar-refractivity contribution < 1.29 is 9.53 Å². The maximum absolute atomic E-state index is 14.1. The molecule has 1 aliphatic rings. The predicted molar refractivity (Wildman–Crippen MR) is 153 cm³/mol. The first-order chi connectivity index (χ1) is 19.9. The van der Waals surface area contributed by atoms with Crippen molar-refractivity contribution in [3.05, 3.63) is 62.4 Å². The highest BCUT2D eigenvalue weighted by molar-refractivity contribution is 5.80. The summed E-state index contributed by atoms with van der Waals surface area (Å²) in [5.41, 5.74) is 6.15. The fraction of sp³-hybridized carbons (Fsp3) is 0.379. The van der Waals surface area contributed by atoms with Crippen LogP contribution in [0, 0.1) is 23.2 Å². The number of ether oxygens (including phenoxy) is 1. The van der Waals surface area contributed by atoms with Gasteiger partial charge in [-0.25, -0.2) is 9.78 Å². The highest BCUT2D eigenvalue weighted by Crippen LogP contribution is 2.23. The first-order valence-corrected chi connectivity index (χ1v) is 13.4. The van der Waals surface area contributed by atoms with Crippen molar-refractivity contribution in [2.45, 2.75) is 52.4 Å². The van der Waals surface area contributed by atoms with E-state index in [9.17, 15) is 19.6 Å². The van der Waals surface area contributed by atoms with Gasteiger partial charge >= 0.3 is 11.7 Å². The Bertz CT molecular complexity index is 1870. The van der Waals surface area contributed by atoms with Gasteiger partial charge in [0.15, 0.2) is 11.2 Å². The van der Waals surface area contributed by atoms with Gasteiger partial charge in [-0.3, -0.25) is 23.3 Å². The molecule has 1 atom stereocenters. The monoisotopic (exact) mass is 554 g/mol. The Morgan fingerprint density at radius 2 is 2.00 bits per heavy atom. The van der Waals surface area contributed by atoms with Crippen LogP contribution in [0.4, 0.5) is 5.95 Å². The lowest BCUT2D eigenvalue weighted by molar-refractivity contribution is -0.143. The molecule has 5 rings (SSSR count). The molecule has 0 amide bonds. The number of carbonyl (C=O) groups excluding carboxylic acids is 1. The Morgan fingerprint density at radius 3 is 2.73 bits per heavy atom. The van der Waals surface area contributed by atoms with E-state index in [-0.39, 0.29) is 48.2 Å². The highest BCUT2D eigenvalue weighted by Gasteiger charge is 2.28. The summed E-state index contributed by atoms with van der Waals surface area (Å²) in [5, 5.41) is 10.6. The molecule has 1 aromatic carbocycles. The molecule has 210 valence electrons. The Kier molecular flexibility index (Phi) is 7.86. The number of anilines is 1. The van der Waals surface area contributed by atoms with Crippen molar-refractivity contribution in [3.8, 4) is 17.9 Å². The van der Waals surface area contributed by atoms with Gasteiger partial charge in [0.25, 0.3) is 5.56 Å². The van der Waals surface area contributed by atoms with E-state index < -0.39 is 23.8 Å². The molecule has 12 nitrogen and oxygen atoms in total. The van der Waals surface area contributed by atoms with E-state index in [0.717, 1.165) is 27.4 Å². The van der Waals surface area contributed by atoms with Crippen LogP contribution in [-0.4, -0.2) is 55.4 Å². The number of hydrogen-bond donors (Lipinski definition) is 1. The molecule has 2 N–H and O–H groups in total. The topological polar surface area (TPSA) is 154 Å². The fourth-order valence-corrected chi connectivity index (χ4v) is 5.16. The number of hydrogen-bond acceptors (Lipinski definition) is 9. The van der Waals surface area contributed by atoms with E-state index in [1.807, 2.05) is 23.1 Å². The minimum Gasteiger partial charge on any atom is -0.465 e. The molecular formula is C29H30N8O4. The second-order valence-electron chi connectivity index (χ2n) is 9.80. The quantitative estimate of drug-likeness (QED) is 0.263. The van der Waals surface area contributed by atoms with Crippen LogP contribution >= 0.6 is 0 Å². The van der Waals surface area contributed by atoms with Crippen LogP contribution in [-0.2, 0) is 29.2 Å². The molecular weight excluding hydrogens is 524 g/mol. The minimum atomic E-state index is -0.762. The molecule has 3 aromatic heterocycles. The van der Waals surface area contributed by atoms with E-state index in [1.165, 1.54) is 0 Å². The molecule has 0 aliphatic carbocycles. The summed E-state index contributed by atoms with van der Waals surface area (Å²) in [4.78, 5) is 51.9. The number of nitriles is 1. The molecule has 4 heterocycles. The molecule has 1 fully saturated rings. The summed E-state index contributed by atoms with van der Waals surface area (Å²) in [6.07, 6.45) is 1.71. The van der Waals surface area contributed by atoms with Gasteiger partial charge in [-0.2, -0.15) is 10.2 Å². The number of benzene rings is 1. The predicted octanol–water partition coefficient (Wildman–Crippen LogP) is 1.34. The van der Waals surface area contributed by atoms with Gasteiger partial charge in [-0.15, -0.1) is 5.92 Å². The van der Waals surface area contributed by atoms with Crippen LogP contribution in [0.5, 0.6) is 0 Å². The van der Waals surface area contributed by atoms with E-state index in [0.29, 0.717) is 24.6 Å². The average molecular weight is 555 g/mol. The fourth-order valence-electron chi connectivity index (χ4n) is 5.16. The summed E-state index contributed by atoms with van der Waals surface area (Å²) in [5.74, 6) is 5.65. The van der Waals surface area contributed by atoms with E-state index in [4.69, 9.17) is 15.5 Å². The Labute approximate surface area is 235 Å². The highest BCUT2D eigenvalue weighted by atomic mass is 16.5. The Morgan fingerprint density at radius 1 is 1.20 bits per heavy atom. The first-order valence-electron chi connectivity index (χ1n) is 13.4. The maximum atomic E-state index is 14.1. The zero-order chi connectivity index (χ0) is 29.1. The van der Waals surface area contributed by atoms with Crippen LogP contribution in [0.1, 0.15) is 37.9 Å². The number of nitrogens with two attached hydrogens (primary N) is 1. The molecule has 0 spiro atoms. The van der Waals surface area contributed by atoms with Gasteiger partial charge < -0.3 is 15.4 Å². The second-order valence-corrected chi connectivity index (χ2v) is 9.80. The van der Waals surface area contributed by atoms with E-state index >= 15 is 0 Å². The van der Waals surface area contributed by atoms with E-state index in [2.05, 4.69) is 22.9 Å². The molecule has 1 aliphatic heterocycles. The van der Waals surface area contributed by atoms with Crippen LogP contribution in [0.15, 0.2) is 39.9 Å². The summed E-state index contributed by atoms with van der Waals surface area (Å²) in [6, 6.07) is 11.0. The van der Waals surface area contributed by atoms with Crippen molar-refractivity contribution >= 4 is 34.0 Å². The van der Waals surface area contributed by atoms with Crippen LogP contribution < -0.4 is 21.9 Å². The Balaban J connectivity index is 1.77. The number of piperidine rings is 1. The number of imidazole rings is 1. The van der Waals surface area contributed by atoms with Gasteiger partial charge in [-0.05, 0) is 38.8 Å². The van der Waals surface area contributed by atoms with Crippen molar-refractivity contribution in [3.63, 3.8) is 0 Å². The average Bonchev–Trinajstić information content (AvgIpc) is 3.35. The number of pyridine rings is 1. The summed E-state index contributed by atoms with van der Waals surface area (Å²) < 4.78 is 8.93. The summed E-state index contributed by atoms with van der Waals surface area (Å²) in [6.45, 7) is 4.08. The van der Waals surface area contributed by atoms with Gasteiger partial charge in [0.1, 0.15) is 12.6 Å². The molecule has 4 aromatic rings. The first kappa shape index (κ1) is 27.6. The van der Waals surface area contributed by atoms with Gasteiger partial charge in [0.2, 0.25) is 5.95 Å². The summed E-state index contributed by atoms with van der Waals surface area (Å²) >= 11 is 0. The van der Waals surface area contributed by atoms with Crippen molar-refractivity contribution in [1.82, 2.24) is 23.7 Å². The number of fused-ring (bicyclic) bond motifs is 2. The molecule has 0 radical (unpaired) electrons. The Hall–Kier alpha value is -4.94. The van der Waals surface area contributed by atoms with E-state index in [1.54, 1.807) is 30.5 Å². The third kappa shape index (κ3) is 5.30. The molecule has 1 unspecified atom stereocenters. The smallest absolute Gasteiger partial charge is 0.333 e. The molecule has 0 saturated carbocycles. The second kappa shape index (κ2) is 11.7. The molecule has 12 heteroatoms. The van der Waals surface area contributed by atoms with Gasteiger partial charge in [0.05, 0.1) is 36.5 Å². The van der Waals surface area contributed by atoms with Crippen molar-refractivity contribution in [1.29, 1.82) is 5.26 Å². The van der Waals surface area contributed by atoms with Crippen LogP contribution in [0.3, 0.4) is 0 Å². The van der Waals surface area contributed by atoms with Gasteiger partial charge in [0, 0.05) is 24.5 Å². The molecule has 0 bridgehead atoms. The number of aromatic nitrogens is 5. The number of esters is 1. The number of carbonyl (C=O) groups is 1. The maximum Gasteiger partial charge on any atom is 0.333 e. The minimum absolute atomic E-state index is 0.0586. The van der Waals surface area contributed by atoms with Crippen molar-refractivity contribution in [2.24, 2.45) is 5.73 Å². The lowest BCUT2D eigenvalue weighted by Crippen LogP contribution is -2.44. The van der Waals surface area contributed by atoms with Crippen molar-refractivity contribution in [2.75, 3.05) is 24.6 Å². The van der Waals surface area contributed by atoms with Crippen LogP contribution in [0.25, 0.3) is 22.1 Å². The normalized spacial score (nSPS) is 15.0. The number of para-hydroxylation sites is 1. The lowest BCUT2D eigenvalue weighted by atomic mass is 10.1. The number of rotatable bonds is 7. The largest absolute Gasteiger partial charge is 0.465 e. The zero-order valence-electron chi connectivity index (χ0n) is 23.0. The lowest BCUT2D eigenvalue weighted by Gasteiger charge is -2.31. The SMILES string of the molecule is CC#CCn1c(N2CCCC(N)C2)nc2c1c(=O)n(Cc1nc3ccccc3cc1C#N)c(=O)n2CC(=O)OCC.